The van der Waals surface area contributed by atoms with Crippen LogP contribution < -0.4 is 0 Å². The molecule has 0 aromatic carbocycles. The molecule has 0 spiro atoms. The van der Waals surface area contributed by atoms with Crippen molar-refractivity contribution >= 4 is 17.2 Å². The number of aromatic nitrogens is 4. The van der Waals surface area contributed by atoms with E-state index in [1.165, 1.54) is 11.3 Å². The van der Waals surface area contributed by atoms with E-state index in [1.54, 1.807) is 23.3 Å². The maximum absolute atomic E-state index is 12.3. The van der Waals surface area contributed by atoms with Gasteiger partial charge in [-0.05, 0) is 25.0 Å². The van der Waals surface area contributed by atoms with Gasteiger partial charge in [0, 0.05) is 42.3 Å². The predicted octanol–water partition coefficient (Wildman–Crippen LogP) is 2.61. The van der Waals surface area contributed by atoms with Crippen LogP contribution in [-0.4, -0.2) is 44.0 Å². The molecule has 122 valence electrons. The first-order valence-corrected chi connectivity index (χ1v) is 8.67. The van der Waals surface area contributed by atoms with E-state index in [4.69, 9.17) is 4.52 Å². The molecule has 0 N–H and O–H groups in total. The molecular formula is C16H15N5O2S. The molecule has 0 saturated carbocycles. The predicted molar refractivity (Wildman–Crippen MR) is 87.5 cm³/mol. The van der Waals surface area contributed by atoms with Gasteiger partial charge in [0.2, 0.25) is 0 Å². The Bertz CT molecular complexity index is 810. The van der Waals surface area contributed by atoms with Crippen molar-refractivity contribution in [2.75, 3.05) is 13.1 Å². The number of thiazole rings is 1. The molecule has 1 amide bonds. The van der Waals surface area contributed by atoms with Crippen molar-refractivity contribution in [2.45, 2.75) is 18.8 Å². The second-order valence-corrected chi connectivity index (χ2v) is 6.35. The number of carbonyl (C=O) groups is 1. The number of nitrogens with zero attached hydrogens (tertiary/aromatic N) is 5. The van der Waals surface area contributed by atoms with Crippen molar-refractivity contribution in [1.82, 2.24) is 25.0 Å². The summed E-state index contributed by atoms with van der Waals surface area (Å²) in [6.07, 6.45) is 5.04. The molecule has 1 saturated heterocycles. The first kappa shape index (κ1) is 14.9. The highest BCUT2D eigenvalue weighted by Gasteiger charge is 2.28. The highest BCUT2D eigenvalue weighted by molar-refractivity contribution is 7.07. The normalized spacial score (nSPS) is 15.6. The maximum Gasteiger partial charge on any atom is 0.273 e. The maximum atomic E-state index is 12.3. The van der Waals surface area contributed by atoms with E-state index >= 15 is 0 Å². The molecule has 8 heteroatoms. The Morgan fingerprint density at radius 1 is 1.25 bits per heavy atom. The van der Waals surface area contributed by atoms with Gasteiger partial charge in [0.25, 0.3) is 11.8 Å². The molecule has 3 aromatic rings. The summed E-state index contributed by atoms with van der Waals surface area (Å²) in [4.78, 5) is 26.7. The lowest BCUT2D eigenvalue weighted by Crippen LogP contribution is -2.38. The SMILES string of the molecule is O=C(c1cscn1)N1CCC(c2noc(-c3ccncc3)n2)CC1. The molecule has 0 aliphatic carbocycles. The van der Waals surface area contributed by atoms with Crippen LogP contribution in [0.15, 0.2) is 39.9 Å². The van der Waals surface area contributed by atoms with E-state index in [1.807, 2.05) is 17.0 Å². The summed E-state index contributed by atoms with van der Waals surface area (Å²) in [5.74, 6) is 1.43. The molecule has 7 nitrogen and oxygen atoms in total. The average molecular weight is 341 g/mol. The number of rotatable bonds is 3. The highest BCUT2D eigenvalue weighted by atomic mass is 32.1. The molecule has 0 radical (unpaired) electrons. The van der Waals surface area contributed by atoms with E-state index in [9.17, 15) is 4.79 Å². The smallest absolute Gasteiger partial charge is 0.273 e. The molecule has 24 heavy (non-hydrogen) atoms. The monoisotopic (exact) mass is 341 g/mol. The van der Waals surface area contributed by atoms with Gasteiger partial charge in [-0.25, -0.2) is 4.98 Å². The lowest BCUT2D eigenvalue weighted by Gasteiger charge is -2.30. The van der Waals surface area contributed by atoms with Gasteiger partial charge in [0.15, 0.2) is 5.82 Å². The minimum Gasteiger partial charge on any atom is -0.337 e. The van der Waals surface area contributed by atoms with Gasteiger partial charge in [-0.3, -0.25) is 9.78 Å². The van der Waals surface area contributed by atoms with Crippen molar-refractivity contribution in [1.29, 1.82) is 0 Å². The summed E-state index contributed by atoms with van der Waals surface area (Å²) in [6.45, 7) is 1.36. The standard InChI is InChI=1S/C16H15N5O2S/c22-16(13-9-24-10-18-13)21-7-3-11(4-8-21)14-19-15(23-20-14)12-1-5-17-6-2-12/h1-2,5-6,9-11H,3-4,7-8H2. The van der Waals surface area contributed by atoms with Gasteiger partial charge >= 0.3 is 0 Å². The Labute approximate surface area is 142 Å². The van der Waals surface area contributed by atoms with Crippen LogP contribution in [0.2, 0.25) is 0 Å². The zero-order valence-electron chi connectivity index (χ0n) is 12.8. The zero-order valence-corrected chi connectivity index (χ0v) is 13.6. The van der Waals surface area contributed by atoms with Crippen LogP contribution in [0.5, 0.6) is 0 Å². The number of carbonyl (C=O) groups excluding carboxylic acids is 1. The molecule has 1 aliphatic heterocycles. The Hall–Kier alpha value is -2.61. The zero-order chi connectivity index (χ0) is 16.4. The van der Waals surface area contributed by atoms with Crippen molar-refractivity contribution in [3.63, 3.8) is 0 Å². The number of hydrogen-bond donors (Lipinski definition) is 0. The fraction of sp³-hybridized carbons (Fsp3) is 0.312. The molecule has 1 aliphatic rings. The number of pyridine rings is 1. The Kier molecular flexibility index (Phi) is 4.04. The Morgan fingerprint density at radius 2 is 2.04 bits per heavy atom. The lowest BCUT2D eigenvalue weighted by atomic mass is 9.96. The van der Waals surface area contributed by atoms with E-state index in [0.29, 0.717) is 30.5 Å². The number of piperidine rings is 1. The number of hydrogen-bond acceptors (Lipinski definition) is 7. The van der Waals surface area contributed by atoms with Gasteiger partial charge < -0.3 is 9.42 Å². The minimum absolute atomic E-state index is 0.000265. The largest absolute Gasteiger partial charge is 0.337 e. The van der Waals surface area contributed by atoms with Gasteiger partial charge in [-0.1, -0.05) is 5.16 Å². The van der Waals surface area contributed by atoms with Crippen molar-refractivity contribution in [3.8, 4) is 11.5 Å². The molecule has 0 bridgehead atoms. The fourth-order valence-corrected chi connectivity index (χ4v) is 3.36. The average Bonchev–Trinajstić information content (AvgIpc) is 3.34. The molecule has 3 aromatic heterocycles. The minimum atomic E-state index is 0.000265. The molecule has 4 heterocycles. The summed E-state index contributed by atoms with van der Waals surface area (Å²) in [5, 5.41) is 5.90. The van der Waals surface area contributed by atoms with Gasteiger partial charge in [-0.15, -0.1) is 11.3 Å². The number of likely N-dealkylation sites (tertiary alicyclic amines) is 1. The third-order valence-electron chi connectivity index (χ3n) is 4.17. The molecule has 1 fully saturated rings. The van der Waals surface area contributed by atoms with E-state index in [0.717, 1.165) is 18.4 Å². The second-order valence-electron chi connectivity index (χ2n) is 5.63. The molecular weight excluding hydrogens is 326 g/mol. The number of amides is 1. The van der Waals surface area contributed by atoms with Crippen LogP contribution in [0.1, 0.15) is 35.1 Å². The quantitative estimate of drug-likeness (QED) is 0.728. The van der Waals surface area contributed by atoms with Crippen LogP contribution in [0, 0.1) is 0 Å². The molecule has 0 unspecified atom stereocenters. The van der Waals surface area contributed by atoms with Crippen LogP contribution in [0.4, 0.5) is 0 Å². The summed E-state index contributed by atoms with van der Waals surface area (Å²) in [6, 6.07) is 3.68. The second kappa shape index (κ2) is 6.48. The van der Waals surface area contributed by atoms with Crippen LogP contribution >= 0.6 is 11.3 Å². The summed E-state index contributed by atoms with van der Waals surface area (Å²) < 4.78 is 5.36. The van der Waals surface area contributed by atoms with Crippen LogP contribution in [0.25, 0.3) is 11.5 Å². The fourth-order valence-electron chi connectivity index (χ4n) is 2.83. The highest BCUT2D eigenvalue weighted by Crippen LogP contribution is 2.28. The third-order valence-corrected chi connectivity index (χ3v) is 4.75. The van der Waals surface area contributed by atoms with Gasteiger partial charge in [0.05, 0.1) is 5.51 Å². The van der Waals surface area contributed by atoms with E-state index in [2.05, 4.69) is 20.1 Å². The first-order valence-electron chi connectivity index (χ1n) is 7.73. The van der Waals surface area contributed by atoms with Crippen molar-refractivity contribution < 1.29 is 9.32 Å². The van der Waals surface area contributed by atoms with Gasteiger partial charge in [-0.2, -0.15) is 4.98 Å². The summed E-state index contributed by atoms with van der Waals surface area (Å²) in [7, 11) is 0. The van der Waals surface area contributed by atoms with E-state index in [-0.39, 0.29) is 11.8 Å². The first-order chi connectivity index (χ1) is 11.8. The Balaban J connectivity index is 1.41. The lowest BCUT2D eigenvalue weighted by molar-refractivity contribution is 0.0705. The summed E-state index contributed by atoms with van der Waals surface area (Å²) in [5.41, 5.74) is 3.07. The topological polar surface area (TPSA) is 85.0 Å². The Morgan fingerprint density at radius 3 is 2.75 bits per heavy atom. The summed E-state index contributed by atoms with van der Waals surface area (Å²) >= 11 is 1.43. The van der Waals surface area contributed by atoms with Crippen molar-refractivity contribution in [2.24, 2.45) is 0 Å². The van der Waals surface area contributed by atoms with Crippen LogP contribution in [-0.2, 0) is 0 Å². The third kappa shape index (κ3) is 2.92. The van der Waals surface area contributed by atoms with Gasteiger partial charge in [0.1, 0.15) is 5.69 Å². The van der Waals surface area contributed by atoms with Crippen LogP contribution in [0.3, 0.4) is 0 Å². The molecule has 4 rings (SSSR count). The van der Waals surface area contributed by atoms with Crippen molar-refractivity contribution in [3.05, 3.63) is 46.9 Å². The molecule has 0 atom stereocenters. The van der Waals surface area contributed by atoms with E-state index < -0.39 is 0 Å².